The van der Waals surface area contributed by atoms with Crippen molar-refractivity contribution < 1.29 is 4.74 Å². The molecule has 21 heavy (non-hydrogen) atoms. The molecule has 6 heteroatoms. The third kappa shape index (κ3) is 3.02. The number of nitrogens with zero attached hydrogens (tertiary/aromatic N) is 3. The molecule has 1 atom stereocenters. The first-order valence-electron chi connectivity index (χ1n) is 7.40. The maximum atomic E-state index is 5.16. The number of methoxy groups -OCH3 is 1. The van der Waals surface area contributed by atoms with Gasteiger partial charge in [0, 0.05) is 37.3 Å². The van der Waals surface area contributed by atoms with Crippen molar-refractivity contribution in [2.24, 2.45) is 7.05 Å². The van der Waals surface area contributed by atoms with E-state index in [4.69, 9.17) is 9.72 Å². The topological polar surface area (TPSA) is 52.0 Å². The van der Waals surface area contributed by atoms with Crippen LogP contribution in [0.15, 0.2) is 6.20 Å². The molecule has 0 aromatic carbocycles. The summed E-state index contributed by atoms with van der Waals surface area (Å²) in [5.74, 6) is 0. The number of rotatable bonds is 6. The lowest BCUT2D eigenvalue weighted by Gasteiger charge is -2.16. The van der Waals surface area contributed by atoms with Gasteiger partial charge in [0.05, 0.1) is 24.0 Å². The van der Waals surface area contributed by atoms with Gasteiger partial charge in [0.1, 0.15) is 5.01 Å². The minimum absolute atomic E-state index is 0.115. The Morgan fingerprint density at radius 1 is 1.48 bits per heavy atom. The number of hydrogen-bond acceptors (Lipinski definition) is 5. The van der Waals surface area contributed by atoms with Gasteiger partial charge in [-0.2, -0.15) is 5.10 Å². The van der Waals surface area contributed by atoms with E-state index < -0.39 is 0 Å². The maximum Gasteiger partial charge on any atom is 0.115 e. The number of thiazole rings is 1. The lowest BCUT2D eigenvalue weighted by atomic mass is 10.1. The fourth-order valence-corrected chi connectivity index (χ4v) is 4.12. The van der Waals surface area contributed by atoms with Crippen molar-refractivity contribution in [2.45, 2.75) is 32.2 Å². The Labute approximate surface area is 129 Å². The van der Waals surface area contributed by atoms with E-state index in [1.165, 1.54) is 29.0 Å². The van der Waals surface area contributed by atoms with Crippen molar-refractivity contribution in [3.8, 4) is 0 Å². The lowest BCUT2D eigenvalue weighted by molar-refractivity contribution is 0.197. The Balaban J connectivity index is 1.89. The third-order valence-corrected chi connectivity index (χ3v) is 5.10. The van der Waals surface area contributed by atoms with E-state index in [1.807, 2.05) is 23.1 Å². The molecule has 0 aliphatic heterocycles. The summed E-state index contributed by atoms with van der Waals surface area (Å²) in [4.78, 5) is 6.34. The van der Waals surface area contributed by atoms with Crippen LogP contribution in [0.2, 0.25) is 0 Å². The van der Waals surface area contributed by atoms with Gasteiger partial charge in [0.2, 0.25) is 0 Å². The fourth-order valence-electron chi connectivity index (χ4n) is 2.87. The zero-order valence-corrected chi connectivity index (χ0v) is 13.7. The molecule has 0 amide bonds. The summed E-state index contributed by atoms with van der Waals surface area (Å²) in [7, 11) is 3.69. The third-order valence-electron chi connectivity index (χ3n) is 3.88. The van der Waals surface area contributed by atoms with Crippen molar-refractivity contribution in [3.05, 3.63) is 33.0 Å². The van der Waals surface area contributed by atoms with Crippen LogP contribution >= 0.6 is 11.3 Å². The highest BCUT2D eigenvalue weighted by atomic mass is 32.1. The number of aromatic nitrogens is 3. The summed E-state index contributed by atoms with van der Waals surface area (Å²) in [6.07, 6.45) is 5.65. The molecule has 114 valence electrons. The normalized spacial score (nSPS) is 15.4. The Kier molecular flexibility index (Phi) is 4.37. The zero-order chi connectivity index (χ0) is 14.8. The van der Waals surface area contributed by atoms with E-state index in [0.717, 1.165) is 23.7 Å². The van der Waals surface area contributed by atoms with Crippen LogP contribution in [-0.4, -0.2) is 35.0 Å². The van der Waals surface area contributed by atoms with Gasteiger partial charge >= 0.3 is 0 Å². The van der Waals surface area contributed by atoms with Gasteiger partial charge in [-0.25, -0.2) is 4.98 Å². The quantitative estimate of drug-likeness (QED) is 0.829. The van der Waals surface area contributed by atoms with E-state index in [0.29, 0.717) is 6.61 Å². The second-order valence-corrected chi connectivity index (χ2v) is 6.61. The molecular formula is C15H22N4OS. The van der Waals surface area contributed by atoms with Crippen LogP contribution in [0, 0.1) is 6.92 Å². The van der Waals surface area contributed by atoms with Crippen molar-refractivity contribution in [3.63, 3.8) is 0 Å². The molecule has 5 nitrogen and oxygen atoms in total. The van der Waals surface area contributed by atoms with Crippen LogP contribution in [0.3, 0.4) is 0 Å². The highest BCUT2D eigenvalue weighted by molar-refractivity contribution is 7.11. The van der Waals surface area contributed by atoms with E-state index >= 15 is 0 Å². The zero-order valence-electron chi connectivity index (χ0n) is 12.8. The monoisotopic (exact) mass is 306 g/mol. The molecule has 2 heterocycles. The van der Waals surface area contributed by atoms with Gasteiger partial charge in [-0.1, -0.05) is 0 Å². The summed E-state index contributed by atoms with van der Waals surface area (Å²) in [5, 5.41) is 9.20. The number of fused-ring (bicyclic) bond motifs is 1. The van der Waals surface area contributed by atoms with Crippen LogP contribution in [0.4, 0.5) is 0 Å². The largest absolute Gasteiger partial charge is 0.383 e. The Bertz CT molecular complexity index is 598. The SMILES string of the molecule is COCCNC(c1nc2c(s1)CCC2)c1cn(C)nc1C. The van der Waals surface area contributed by atoms with E-state index in [9.17, 15) is 0 Å². The molecule has 0 spiro atoms. The van der Waals surface area contributed by atoms with Crippen LogP contribution < -0.4 is 5.32 Å². The van der Waals surface area contributed by atoms with Crippen molar-refractivity contribution >= 4 is 11.3 Å². The molecule has 0 fully saturated rings. The molecule has 1 aliphatic rings. The summed E-state index contributed by atoms with van der Waals surface area (Å²) >= 11 is 1.85. The Morgan fingerprint density at radius 3 is 3.00 bits per heavy atom. The lowest BCUT2D eigenvalue weighted by Crippen LogP contribution is -2.26. The Morgan fingerprint density at radius 2 is 2.33 bits per heavy atom. The van der Waals surface area contributed by atoms with Gasteiger partial charge in [-0.3, -0.25) is 4.68 Å². The van der Waals surface area contributed by atoms with Crippen molar-refractivity contribution in [1.82, 2.24) is 20.1 Å². The van der Waals surface area contributed by atoms with Crippen LogP contribution in [0.25, 0.3) is 0 Å². The first-order valence-corrected chi connectivity index (χ1v) is 8.21. The predicted octanol–water partition coefficient (Wildman–Crippen LogP) is 2.00. The smallest absolute Gasteiger partial charge is 0.115 e. The van der Waals surface area contributed by atoms with Gasteiger partial charge in [-0.05, 0) is 26.2 Å². The van der Waals surface area contributed by atoms with E-state index in [2.05, 4.69) is 23.5 Å². The summed E-state index contributed by atoms with van der Waals surface area (Å²) in [6.45, 7) is 3.56. The summed E-state index contributed by atoms with van der Waals surface area (Å²) < 4.78 is 7.03. The molecule has 0 radical (unpaired) electrons. The van der Waals surface area contributed by atoms with Crippen LogP contribution in [0.5, 0.6) is 0 Å². The highest BCUT2D eigenvalue weighted by Crippen LogP contribution is 2.33. The highest BCUT2D eigenvalue weighted by Gasteiger charge is 2.25. The maximum absolute atomic E-state index is 5.16. The van der Waals surface area contributed by atoms with Crippen LogP contribution in [0.1, 0.15) is 39.3 Å². The number of ether oxygens (including phenoxy) is 1. The summed E-state index contributed by atoms with van der Waals surface area (Å²) in [6, 6.07) is 0.115. The molecule has 0 bridgehead atoms. The molecule has 2 aromatic heterocycles. The molecule has 0 saturated carbocycles. The average molecular weight is 306 g/mol. The second kappa shape index (κ2) is 6.25. The molecular weight excluding hydrogens is 284 g/mol. The van der Waals surface area contributed by atoms with Gasteiger partial charge < -0.3 is 10.1 Å². The predicted molar refractivity (Wildman–Crippen MR) is 83.8 cm³/mol. The molecule has 1 N–H and O–H groups in total. The van der Waals surface area contributed by atoms with E-state index in [1.54, 1.807) is 7.11 Å². The molecule has 1 unspecified atom stereocenters. The standard InChI is InChI=1S/C15H22N4OS/c1-10-11(9-19(2)18-10)14(16-7-8-20-3)15-17-12-5-4-6-13(12)21-15/h9,14,16H,4-8H2,1-3H3. The number of aryl methyl sites for hydroxylation is 4. The number of nitrogens with one attached hydrogen (secondary N) is 1. The van der Waals surface area contributed by atoms with Crippen molar-refractivity contribution in [1.29, 1.82) is 0 Å². The molecule has 1 aliphatic carbocycles. The first-order chi connectivity index (χ1) is 10.2. The summed E-state index contributed by atoms with van der Waals surface area (Å²) in [5.41, 5.74) is 3.57. The van der Waals surface area contributed by atoms with E-state index in [-0.39, 0.29) is 6.04 Å². The fraction of sp³-hybridized carbons (Fsp3) is 0.600. The van der Waals surface area contributed by atoms with Crippen LogP contribution in [-0.2, 0) is 24.6 Å². The van der Waals surface area contributed by atoms with Gasteiger partial charge in [0.25, 0.3) is 0 Å². The second-order valence-electron chi connectivity index (χ2n) is 5.50. The van der Waals surface area contributed by atoms with Gasteiger partial charge in [0.15, 0.2) is 0 Å². The molecule has 0 saturated heterocycles. The minimum atomic E-state index is 0.115. The Hall–Kier alpha value is -1.24. The number of hydrogen-bond donors (Lipinski definition) is 1. The average Bonchev–Trinajstić information content (AvgIpc) is 3.09. The molecule has 3 rings (SSSR count). The first kappa shape index (κ1) is 14.7. The molecule has 2 aromatic rings. The van der Waals surface area contributed by atoms with Crippen molar-refractivity contribution in [2.75, 3.05) is 20.3 Å². The van der Waals surface area contributed by atoms with Gasteiger partial charge in [-0.15, -0.1) is 11.3 Å². The minimum Gasteiger partial charge on any atom is -0.383 e.